The van der Waals surface area contributed by atoms with E-state index in [0.717, 1.165) is 0 Å². The van der Waals surface area contributed by atoms with Gasteiger partial charge in [0.1, 0.15) is 16.5 Å². The first kappa shape index (κ1) is 13.3. The molecule has 7 heteroatoms. The summed E-state index contributed by atoms with van der Waals surface area (Å²) in [4.78, 5) is 15.4. The molecule has 100 valence electrons. The van der Waals surface area contributed by atoms with Gasteiger partial charge in [0.2, 0.25) is 0 Å². The fourth-order valence-corrected chi connectivity index (χ4v) is 2.51. The van der Waals surface area contributed by atoms with Crippen molar-refractivity contribution in [2.75, 3.05) is 7.11 Å². The molecular weight excluding hydrogens is 268 g/mol. The number of aromatic hydroxyl groups is 2. The predicted octanol–water partition coefficient (Wildman–Crippen LogP) is 1.39. The second kappa shape index (κ2) is 5.25. The van der Waals surface area contributed by atoms with Crippen LogP contribution in [0.4, 0.5) is 0 Å². The fourth-order valence-electron chi connectivity index (χ4n) is 1.61. The number of thiazole rings is 1. The number of nitrogens with two attached hydrogens (primary N) is 1. The third kappa shape index (κ3) is 2.67. The van der Waals surface area contributed by atoms with Gasteiger partial charge in [-0.2, -0.15) is 0 Å². The highest BCUT2D eigenvalue weighted by molar-refractivity contribution is 7.10. The number of primary amides is 1. The summed E-state index contributed by atoms with van der Waals surface area (Å²) in [6, 6.07) is 4.20. The summed E-state index contributed by atoms with van der Waals surface area (Å²) in [6.07, 6.45) is -0.905. The van der Waals surface area contributed by atoms with Crippen molar-refractivity contribution in [3.8, 4) is 22.8 Å². The maximum absolute atomic E-state index is 11.2. The number of benzene rings is 1. The Balaban J connectivity index is 2.38. The number of hydrogen-bond acceptors (Lipinski definition) is 6. The third-order valence-corrected chi connectivity index (χ3v) is 3.39. The molecule has 0 aliphatic carbocycles. The maximum Gasteiger partial charge on any atom is 0.253 e. The average Bonchev–Trinajstić information content (AvgIpc) is 2.78. The van der Waals surface area contributed by atoms with Crippen LogP contribution in [-0.2, 0) is 9.53 Å². The number of carbonyl (C=O) groups excluding carboxylic acids is 1. The van der Waals surface area contributed by atoms with E-state index in [2.05, 4.69) is 4.98 Å². The second-order valence-electron chi connectivity index (χ2n) is 3.79. The summed E-state index contributed by atoms with van der Waals surface area (Å²) >= 11 is 1.21. The molecule has 6 nitrogen and oxygen atoms in total. The van der Waals surface area contributed by atoms with Crippen molar-refractivity contribution in [1.82, 2.24) is 4.98 Å². The van der Waals surface area contributed by atoms with Gasteiger partial charge in [-0.1, -0.05) is 0 Å². The molecule has 1 aromatic heterocycles. The predicted molar refractivity (Wildman–Crippen MR) is 69.8 cm³/mol. The van der Waals surface area contributed by atoms with Crippen LogP contribution < -0.4 is 5.73 Å². The molecule has 0 bridgehead atoms. The highest BCUT2D eigenvalue weighted by atomic mass is 32.1. The summed E-state index contributed by atoms with van der Waals surface area (Å²) in [6.45, 7) is 0. The Kier molecular flexibility index (Phi) is 3.68. The van der Waals surface area contributed by atoms with Gasteiger partial charge in [0.05, 0.1) is 5.69 Å². The molecular formula is C12H12N2O4S. The number of carbonyl (C=O) groups is 1. The highest BCUT2D eigenvalue weighted by Gasteiger charge is 2.21. The Morgan fingerprint density at radius 2 is 2.21 bits per heavy atom. The Labute approximate surface area is 113 Å². The largest absolute Gasteiger partial charge is 0.508 e. The molecule has 19 heavy (non-hydrogen) atoms. The van der Waals surface area contributed by atoms with Crippen molar-refractivity contribution < 1.29 is 19.7 Å². The lowest BCUT2D eigenvalue weighted by Crippen LogP contribution is -2.22. The van der Waals surface area contributed by atoms with E-state index < -0.39 is 12.0 Å². The van der Waals surface area contributed by atoms with Crippen LogP contribution in [0.25, 0.3) is 11.3 Å². The SMILES string of the molecule is COC(C(N)=O)c1nc(-c2ccc(O)cc2O)cs1. The molecule has 2 rings (SSSR count). The lowest BCUT2D eigenvalue weighted by Gasteiger charge is -2.07. The molecule has 1 amide bonds. The van der Waals surface area contributed by atoms with E-state index in [0.29, 0.717) is 16.3 Å². The van der Waals surface area contributed by atoms with Crippen molar-refractivity contribution in [3.05, 3.63) is 28.6 Å². The molecule has 0 aliphatic heterocycles. The van der Waals surface area contributed by atoms with Crippen molar-refractivity contribution in [1.29, 1.82) is 0 Å². The maximum atomic E-state index is 11.2. The standard InChI is InChI=1S/C12H12N2O4S/c1-18-10(11(13)17)12-14-8(5-19-12)7-3-2-6(15)4-9(7)16/h2-5,10,15-16H,1H3,(H2,13,17). The van der Waals surface area contributed by atoms with Crippen molar-refractivity contribution >= 4 is 17.2 Å². The number of amides is 1. The zero-order valence-corrected chi connectivity index (χ0v) is 10.8. The molecule has 0 saturated heterocycles. The first-order chi connectivity index (χ1) is 9.02. The monoisotopic (exact) mass is 280 g/mol. The molecule has 0 fully saturated rings. The van der Waals surface area contributed by atoms with E-state index in [1.807, 2.05) is 0 Å². The molecule has 1 heterocycles. The van der Waals surface area contributed by atoms with Gasteiger partial charge in [-0.15, -0.1) is 11.3 Å². The number of ether oxygens (including phenoxy) is 1. The molecule has 2 aromatic rings. The Bertz CT molecular complexity index is 612. The fraction of sp³-hybridized carbons (Fsp3) is 0.167. The average molecular weight is 280 g/mol. The van der Waals surface area contributed by atoms with Gasteiger partial charge in [-0.3, -0.25) is 4.79 Å². The number of hydrogen-bond donors (Lipinski definition) is 3. The van der Waals surface area contributed by atoms with Gasteiger partial charge in [-0.05, 0) is 12.1 Å². The normalized spacial score (nSPS) is 12.3. The van der Waals surface area contributed by atoms with Crippen LogP contribution in [0.2, 0.25) is 0 Å². The van der Waals surface area contributed by atoms with E-state index in [9.17, 15) is 15.0 Å². The molecule has 1 atom stereocenters. The van der Waals surface area contributed by atoms with Crippen LogP contribution >= 0.6 is 11.3 Å². The zero-order chi connectivity index (χ0) is 14.0. The second-order valence-corrected chi connectivity index (χ2v) is 4.68. The Morgan fingerprint density at radius 1 is 1.47 bits per heavy atom. The molecule has 0 aliphatic rings. The summed E-state index contributed by atoms with van der Waals surface area (Å²) < 4.78 is 4.97. The molecule has 0 saturated carbocycles. The molecule has 1 aromatic carbocycles. The molecule has 0 radical (unpaired) electrons. The van der Waals surface area contributed by atoms with Crippen molar-refractivity contribution in [2.45, 2.75) is 6.10 Å². The van der Waals surface area contributed by atoms with Crippen molar-refractivity contribution in [2.24, 2.45) is 5.73 Å². The van der Waals surface area contributed by atoms with Crippen LogP contribution in [0.5, 0.6) is 11.5 Å². The number of nitrogens with zero attached hydrogens (tertiary/aromatic N) is 1. The summed E-state index contributed by atoms with van der Waals surface area (Å²) in [5, 5.41) is 21.1. The topological polar surface area (TPSA) is 106 Å². The Hall–Kier alpha value is -2.12. The van der Waals surface area contributed by atoms with Gasteiger partial charge in [0, 0.05) is 24.1 Å². The molecule has 4 N–H and O–H groups in total. The van der Waals surface area contributed by atoms with Crippen LogP contribution in [0.1, 0.15) is 11.1 Å². The number of phenolic OH excluding ortho intramolecular Hbond substituents is 2. The molecule has 0 spiro atoms. The lowest BCUT2D eigenvalue weighted by atomic mass is 10.1. The highest BCUT2D eigenvalue weighted by Crippen LogP contribution is 2.34. The molecule has 1 unspecified atom stereocenters. The summed E-state index contributed by atoms with van der Waals surface area (Å²) in [7, 11) is 1.37. The Morgan fingerprint density at radius 3 is 2.79 bits per heavy atom. The summed E-state index contributed by atoms with van der Waals surface area (Å²) in [5.74, 6) is -0.758. The van der Waals surface area contributed by atoms with Crippen LogP contribution in [0.15, 0.2) is 23.6 Å². The zero-order valence-electron chi connectivity index (χ0n) is 10.0. The number of aromatic nitrogens is 1. The van der Waals surface area contributed by atoms with Gasteiger partial charge in [0.25, 0.3) is 5.91 Å². The smallest absolute Gasteiger partial charge is 0.253 e. The minimum absolute atomic E-state index is 0.0383. The lowest BCUT2D eigenvalue weighted by molar-refractivity contribution is -0.128. The number of phenols is 2. The minimum Gasteiger partial charge on any atom is -0.508 e. The quantitative estimate of drug-likeness (QED) is 0.784. The van der Waals surface area contributed by atoms with Crippen LogP contribution in [-0.4, -0.2) is 28.2 Å². The van der Waals surface area contributed by atoms with E-state index in [4.69, 9.17) is 10.5 Å². The van der Waals surface area contributed by atoms with Crippen LogP contribution in [0.3, 0.4) is 0 Å². The number of methoxy groups -OCH3 is 1. The van der Waals surface area contributed by atoms with E-state index in [1.165, 1.54) is 36.6 Å². The number of rotatable bonds is 4. The van der Waals surface area contributed by atoms with Gasteiger partial charge >= 0.3 is 0 Å². The van der Waals surface area contributed by atoms with Gasteiger partial charge in [-0.25, -0.2) is 4.98 Å². The van der Waals surface area contributed by atoms with Crippen molar-refractivity contribution in [3.63, 3.8) is 0 Å². The third-order valence-electron chi connectivity index (χ3n) is 2.50. The van der Waals surface area contributed by atoms with Crippen LogP contribution in [0, 0.1) is 0 Å². The van der Waals surface area contributed by atoms with E-state index in [-0.39, 0.29) is 11.5 Å². The first-order valence-corrected chi connectivity index (χ1v) is 6.20. The van der Waals surface area contributed by atoms with E-state index >= 15 is 0 Å². The van der Waals surface area contributed by atoms with Gasteiger partial charge < -0.3 is 20.7 Å². The van der Waals surface area contributed by atoms with Gasteiger partial charge in [0.15, 0.2) is 6.10 Å². The summed E-state index contributed by atoms with van der Waals surface area (Å²) in [5.41, 5.74) is 6.14. The minimum atomic E-state index is -0.905. The first-order valence-electron chi connectivity index (χ1n) is 5.33. The van der Waals surface area contributed by atoms with E-state index in [1.54, 1.807) is 5.38 Å².